The van der Waals surface area contributed by atoms with Gasteiger partial charge >= 0.3 is 0 Å². The molecule has 0 saturated carbocycles. The van der Waals surface area contributed by atoms with E-state index < -0.39 is 0 Å². The van der Waals surface area contributed by atoms with E-state index in [1.165, 1.54) is 23.3 Å². The van der Waals surface area contributed by atoms with Crippen molar-refractivity contribution in [2.75, 3.05) is 45.3 Å². The molecule has 1 fully saturated rings. The minimum Gasteiger partial charge on any atom is -0.493 e. The zero-order chi connectivity index (χ0) is 24.7. The maximum absolute atomic E-state index is 5.93. The number of piperazine rings is 1. The van der Waals surface area contributed by atoms with Crippen molar-refractivity contribution in [3.05, 3.63) is 90.7 Å². The third-order valence-electron chi connectivity index (χ3n) is 6.32. The number of ether oxygens (including phenoxy) is 2. The molecule has 6 nitrogen and oxygen atoms in total. The fraction of sp³-hybridized carbons (Fsp3) is 0.241. The van der Waals surface area contributed by atoms with Crippen LogP contribution < -0.4 is 18.6 Å². The van der Waals surface area contributed by atoms with E-state index in [-0.39, 0.29) is 0 Å². The zero-order valence-corrected chi connectivity index (χ0v) is 21.4. The standard InChI is InChI=1S/C29H30N2O4S/c1-32-28-14-5-22(20-29(28)33-2)21-30-15-17-31(18-16-30)24-8-10-25(11-9-24)35-36-26-12-6-23(7-13-26)27-4-3-19-34-27/h3-14,19-20H,15-18,21H2,1-2H3. The van der Waals surface area contributed by atoms with Crippen LogP contribution >= 0.6 is 12.0 Å². The van der Waals surface area contributed by atoms with E-state index in [0.29, 0.717) is 0 Å². The van der Waals surface area contributed by atoms with E-state index in [0.717, 1.165) is 66.2 Å². The van der Waals surface area contributed by atoms with Crippen LogP contribution in [-0.2, 0) is 6.54 Å². The summed E-state index contributed by atoms with van der Waals surface area (Å²) in [5.74, 6) is 3.25. The van der Waals surface area contributed by atoms with Gasteiger partial charge in [0, 0.05) is 48.9 Å². The van der Waals surface area contributed by atoms with Crippen molar-refractivity contribution >= 4 is 17.7 Å². The van der Waals surface area contributed by atoms with Gasteiger partial charge in [-0.3, -0.25) is 4.90 Å². The minimum atomic E-state index is 0.764. The number of furan rings is 1. The second-order valence-corrected chi connectivity index (χ2v) is 9.42. The maximum atomic E-state index is 5.93. The van der Waals surface area contributed by atoms with Gasteiger partial charge in [0.2, 0.25) is 0 Å². The molecule has 0 spiro atoms. The lowest BCUT2D eigenvalue weighted by molar-refractivity contribution is 0.249. The van der Waals surface area contributed by atoms with Crippen LogP contribution in [0.1, 0.15) is 5.56 Å². The van der Waals surface area contributed by atoms with Crippen molar-refractivity contribution in [1.29, 1.82) is 0 Å². The summed E-state index contributed by atoms with van der Waals surface area (Å²) in [5, 5.41) is 0. The molecule has 1 saturated heterocycles. The fourth-order valence-corrected chi connectivity index (χ4v) is 4.88. The molecule has 0 bridgehead atoms. The molecule has 0 unspecified atom stereocenters. The van der Waals surface area contributed by atoms with Crippen molar-refractivity contribution in [2.45, 2.75) is 11.4 Å². The highest BCUT2D eigenvalue weighted by molar-refractivity contribution is 7.95. The summed E-state index contributed by atoms with van der Waals surface area (Å²) < 4.78 is 22.2. The molecule has 1 aliphatic heterocycles. The molecule has 4 aromatic rings. The zero-order valence-electron chi connectivity index (χ0n) is 20.6. The van der Waals surface area contributed by atoms with Gasteiger partial charge in [-0.1, -0.05) is 18.2 Å². The minimum absolute atomic E-state index is 0.764. The summed E-state index contributed by atoms with van der Waals surface area (Å²) in [6.07, 6.45) is 1.69. The highest BCUT2D eigenvalue weighted by atomic mass is 32.2. The molecule has 3 aromatic carbocycles. The van der Waals surface area contributed by atoms with E-state index in [1.807, 2.05) is 54.6 Å². The molecule has 186 valence electrons. The molecule has 36 heavy (non-hydrogen) atoms. The molecule has 0 atom stereocenters. The van der Waals surface area contributed by atoms with Gasteiger partial charge in [-0.25, -0.2) is 0 Å². The Bertz CT molecular complexity index is 1240. The highest BCUT2D eigenvalue weighted by Gasteiger charge is 2.18. The average molecular weight is 503 g/mol. The number of methoxy groups -OCH3 is 2. The summed E-state index contributed by atoms with van der Waals surface area (Å²) >= 11 is 1.36. The molecule has 5 rings (SSSR count). The molecule has 0 amide bonds. The summed E-state index contributed by atoms with van der Waals surface area (Å²) in [5.41, 5.74) is 3.51. The Morgan fingerprint density at radius 1 is 0.806 bits per heavy atom. The first-order chi connectivity index (χ1) is 17.7. The third kappa shape index (κ3) is 5.80. The Kier molecular flexibility index (Phi) is 7.69. The van der Waals surface area contributed by atoms with E-state index in [2.05, 4.69) is 34.1 Å². The van der Waals surface area contributed by atoms with Crippen LogP contribution in [0.3, 0.4) is 0 Å². The lowest BCUT2D eigenvalue weighted by Crippen LogP contribution is -2.45. The molecular formula is C29H30N2O4S. The lowest BCUT2D eigenvalue weighted by Gasteiger charge is -2.36. The molecule has 1 aliphatic rings. The number of benzene rings is 3. The first-order valence-corrected chi connectivity index (χ1v) is 12.7. The Labute approximate surface area is 216 Å². The SMILES string of the molecule is COc1ccc(CN2CCN(c3ccc(OSc4ccc(-c5ccco5)cc4)cc3)CC2)cc1OC. The lowest BCUT2D eigenvalue weighted by atomic mass is 10.1. The van der Waals surface area contributed by atoms with Gasteiger partial charge in [0.1, 0.15) is 11.5 Å². The topological polar surface area (TPSA) is 47.3 Å². The van der Waals surface area contributed by atoms with Crippen LogP contribution in [0.25, 0.3) is 11.3 Å². The predicted molar refractivity (Wildman–Crippen MR) is 144 cm³/mol. The molecule has 2 heterocycles. The smallest absolute Gasteiger partial charge is 0.161 e. The number of rotatable bonds is 9. The van der Waals surface area contributed by atoms with Gasteiger partial charge in [0.05, 0.1) is 32.5 Å². The third-order valence-corrected chi connectivity index (χ3v) is 7.06. The monoisotopic (exact) mass is 502 g/mol. The number of nitrogens with zero attached hydrogens (tertiary/aromatic N) is 2. The summed E-state index contributed by atoms with van der Waals surface area (Å²) in [7, 11) is 3.34. The summed E-state index contributed by atoms with van der Waals surface area (Å²) in [4.78, 5) is 5.94. The van der Waals surface area contributed by atoms with Crippen molar-refractivity contribution < 1.29 is 18.1 Å². The Hall–Kier alpha value is -3.55. The first kappa shape index (κ1) is 24.2. The Balaban J connectivity index is 1.10. The van der Waals surface area contributed by atoms with Crippen LogP contribution in [0.2, 0.25) is 0 Å². The van der Waals surface area contributed by atoms with E-state index in [1.54, 1.807) is 20.5 Å². The van der Waals surface area contributed by atoms with Crippen LogP contribution in [-0.4, -0.2) is 45.3 Å². The Morgan fingerprint density at radius 2 is 1.56 bits per heavy atom. The van der Waals surface area contributed by atoms with Gasteiger partial charge in [-0.2, -0.15) is 0 Å². The Morgan fingerprint density at radius 3 is 2.22 bits per heavy atom. The molecule has 0 radical (unpaired) electrons. The van der Waals surface area contributed by atoms with Crippen LogP contribution in [0.4, 0.5) is 5.69 Å². The second-order valence-electron chi connectivity index (χ2n) is 8.61. The van der Waals surface area contributed by atoms with Gasteiger partial charge < -0.3 is 23.0 Å². The quantitative estimate of drug-likeness (QED) is 0.246. The second kappa shape index (κ2) is 11.5. The van der Waals surface area contributed by atoms with Crippen molar-refractivity contribution in [3.63, 3.8) is 0 Å². The van der Waals surface area contributed by atoms with E-state index in [4.69, 9.17) is 18.1 Å². The number of hydrogen-bond acceptors (Lipinski definition) is 7. The number of hydrogen-bond donors (Lipinski definition) is 0. The maximum Gasteiger partial charge on any atom is 0.161 e. The molecule has 0 N–H and O–H groups in total. The van der Waals surface area contributed by atoms with Gasteiger partial charge in [0.15, 0.2) is 11.5 Å². The molecule has 0 aliphatic carbocycles. The molecule has 7 heteroatoms. The molecule has 1 aromatic heterocycles. The van der Waals surface area contributed by atoms with Crippen LogP contribution in [0, 0.1) is 0 Å². The normalized spacial score (nSPS) is 14.0. The van der Waals surface area contributed by atoms with E-state index in [9.17, 15) is 0 Å². The fourth-order valence-electron chi connectivity index (χ4n) is 4.33. The van der Waals surface area contributed by atoms with E-state index >= 15 is 0 Å². The van der Waals surface area contributed by atoms with Crippen molar-refractivity contribution in [2.24, 2.45) is 0 Å². The van der Waals surface area contributed by atoms with Crippen LogP contribution in [0.15, 0.2) is 94.4 Å². The molecular weight excluding hydrogens is 472 g/mol. The summed E-state index contributed by atoms with van der Waals surface area (Å²) in [6.45, 7) is 4.90. The van der Waals surface area contributed by atoms with Crippen LogP contribution in [0.5, 0.6) is 17.2 Å². The highest BCUT2D eigenvalue weighted by Crippen LogP contribution is 2.30. The van der Waals surface area contributed by atoms with Gasteiger partial charge in [-0.05, 0) is 66.2 Å². The van der Waals surface area contributed by atoms with Gasteiger partial charge in [-0.15, -0.1) is 0 Å². The number of anilines is 1. The van der Waals surface area contributed by atoms with Gasteiger partial charge in [0.25, 0.3) is 0 Å². The first-order valence-electron chi connectivity index (χ1n) is 12.0. The van der Waals surface area contributed by atoms with Crippen molar-refractivity contribution in [1.82, 2.24) is 4.90 Å². The predicted octanol–water partition coefficient (Wildman–Crippen LogP) is 6.37. The average Bonchev–Trinajstić information content (AvgIpc) is 3.48. The van der Waals surface area contributed by atoms with Crippen molar-refractivity contribution in [3.8, 4) is 28.6 Å². The largest absolute Gasteiger partial charge is 0.493 e. The summed E-state index contributed by atoms with van der Waals surface area (Å²) in [6, 6.07) is 26.5.